The minimum atomic E-state index is -0.821. The van der Waals surface area contributed by atoms with Crippen LogP contribution in [0.25, 0.3) is 0 Å². The fourth-order valence-electron chi connectivity index (χ4n) is 4.38. The van der Waals surface area contributed by atoms with Crippen LogP contribution in [0.3, 0.4) is 0 Å². The molecule has 1 unspecified atom stereocenters. The molecule has 9 heteroatoms. The molecule has 0 aliphatic carbocycles. The van der Waals surface area contributed by atoms with Gasteiger partial charge in [0.1, 0.15) is 6.04 Å². The number of aliphatic imine (C=N–C) groups is 1. The number of rotatable bonds is 18. The molecule has 3 amide bonds. The molecule has 0 spiro atoms. The fraction of sp³-hybridized carbons (Fsp3) is 0.600. The summed E-state index contributed by atoms with van der Waals surface area (Å²) in [5, 5.41) is 14.4. The maximum atomic E-state index is 12.9. The Morgan fingerprint density at radius 2 is 1.29 bits per heavy atom. The molecule has 2 aromatic carbocycles. The highest BCUT2D eigenvalue weighted by molar-refractivity contribution is 5.91. The third-order valence-corrected chi connectivity index (χ3v) is 6.69. The molecular formula is C40H70N6O3. The number of amides is 3. The van der Waals surface area contributed by atoms with Crippen molar-refractivity contribution in [2.24, 2.45) is 4.99 Å². The highest BCUT2D eigenvalue weighted by Crippen LogP contribution is 2.13. The molecule has 0 aliphatic rings. The quantitative estimate of drug-likeness (QED) is 0.0703. The van der Waals surface area contributed by atoms with Crippen molar-refractivity contribution in [3.05, 3.63) is 70.8 Å². The summed E-state index contributed by atoms with van der Waals surface area (Å²) in [5.41, 5.74) is 5.34. The number of carbonyl (C=O) groups excluding carboxylic acids is 3. The van der Waals surface area contributed by atoms with E-state index < -0.39 is 11.9 Å². The Morgan fingerprint density at radius 1 is 0.694 bits per heavy atom. The smallest absolute Gasteiger partial charge is 0.244 e. The minimum Gasteiger partial charge on any atom is -0.374 e. The Kier molecular flexibility index (Phi) is 31.7. The molecule has 9 nitrogen and oxygen atoms in total. The topological polar surface area (TPSA) is 124 Å². The first-order chi connectivity index (χ1) is 23.6. The molecule has 0 bridgehead atoms. The monoisotopic (exact) mass is 683 g/mol. The molecule has 0 radical (unpaired) electrons. The standard InChI is InChI=1S/C27H46N6O3.C8H10.C3H8.C2H6/c1-5-11-22-12-8-9-13-23(22)14-10-17-30-27(36)24(18-31-21(4)29-16-7-3)33-26(35)20-32-25(34)19-28-15-6-2;1-7-4-3-5-8(2)6-7;1-3-2;1-2/h8-9,12-13,24,28H,5-7,10-11,14-20H2,1-4H3,(H,29,31)(H,30,36)(H,32,34)(H,33,35);3-6H,1-2H3;3H2,1-2H3;1-2H3. The number of aryl methyl sites for hydroxylation is 4. The lowest BCUT2D eigenvalue weighted by atomic mass is 9.99. The maximum absolute atomic E-state index is 12.9. The predicted octanol–water partition coefficient (Wildman–Crippen LogP) is 6.45. The molecule has 278 valence electrons. The van der Waals surface area contributed by atoms with Gasteiger partial charge >= 0.3 is 0 Å². The lowest BCUT2D eigenvalue weighted by Gasteiger charge is -2.18. The zero-order chi connectivity index (χ0) is 37.3. The van der Waals surface area contributed by atoms with E-state index >= 15 is 0 Å². The summed E-state index contributed by atoms with van der Waals surface area (Å²) in [4.78, 5) is 41.6. The first kappa shape index (κ1) is 47.4. The van der Waals surface area contributed by atoms with Gasteiger partial charge in [0, 0.05) is 13.1 Å². The molecule has 2 rings (SSSR count). The van der Waals surface area contributed by atoms with E-state index in [1.165, 1.54) is 28.7 Å². The van der Waals surface area contributed by atoms with Crippen LogP contribution in [0.5, 0.6) is 0 Å². The van der Waals surface area contributed by atoms with Crippen molar-refractivity contribution in [2.75, 3.05) is 39.3 Å². The molecule has 0 fully saturated rings. The molecule has 1 atom stereocenters. The molecule has 49 heavy (non-hydrogen) atoms. The number of amidine groups is 1. The van der Waals surface area contributed by atoms with Crippen LogP contribution in [0.1, 0.15) is 110 Å². The van der Waals surface area contributed by atoms with Crippen molar-refractivity contribution in [3.63, 3.8) is 0 Å². The Morgan fingerprint density at radius 3 is 1.82 bits per heavy atom. The Hall–Kier alpha value is -3.72. The van der Waals surface area contributed by atoms with Gasteiger partial charge in [-0.25, -0.2) is 0 Å². The van der Waals surface area contributed by atoms with Gasteiger partial charge in [-0.15, -0.1) is 0 Å². The van der Waals surface area contributed by atoms with Gasteiger partial charge in [-0.1, -0.05) is 121 Å². The lowest BCUT2D eigenvalue weighted by molar-refractivity contribution is -0.129. The minimum absolute atomic E-state index is 0.117. The third kappa shape index (κ3) is 26.9. The van der Waals surface area contributed by atoms with Crippen molar-refractivity contribution in [3.8, 4) is 0 Å². The zero-order valence-corrected chi connectivity index (χ0v) is 32.6. The number of nitrogens with one attached hydrogen (secondary N) is 5. The van der Waals surface area contributed by atoms with Crippen LogP contribution in [0.15, 0.2) is 53.5 Å². The number of hydrogen-bond donors (Lipinski definition) is 5. The van der Waals surface area contributed by atoms with E-state index in [9.17, 15) is 14.4 Å². The number of benzene rings is 2. The van der Waals surface area contributed by atoms with Gasteiger partial charge in [0.25, 0.3) is 0 Å². The summed E-state index contributed by atoms with van der Waals surface area (Å²) in [6, 6.07) is 16.0. The van der Waals surface area contributed by atoms with Gasteiger partial charge in [-0.05, 0) is 70.5 Å². The van der Waals surface area contributed by atoms with Crippen LogP contribution in [-0.4, -0.2) is 68.9 Å². The molecule has 0 heterocycles. The average Bonchev–Trinajstić information content (AvgIpc) is 3.09. The molecule has 0 saturated heterocycles. The summed E-state index contributed by atoms with van der Waals surface area (Å²) in [6.07, 6.45) is 6.95. The van der Waals surface area contributed by atoms with Gasteiger partial charge in [-0.2, -0.15) is 0 Å². The highest BCUT2D eigenvalue weighted by atomic mass is 16.2. The molecule has 0 aromatic heterocycles. The largest absolute Gasteiger partial charge is 0.374 e. The van der Waals surface area contributed by atoms with Crippen molar-refractivity contribution in [1.82, 2.24) is 26.6 Å². The fourth-order valence-corrected chi connectivity index (χ4v) is 4.38. The van der Waals surface area contributed by atoms with Crippen LogP contribution < -0.4 is 26.6 Å². The summed E-state index contributed by atoms with van der Waals surface area (Å²) in [7, 11) is 0. The highest BCUT2D eigenvalue weighted by Gasteiger charge is 2.20. The molecule has 2 aromatic rings. The van der Waals surface area contributed by atoms with E-state index in [2.05, 4.69) is 116 Å². The van der Waals surface area contributed by atoms with Crippen molar-refractivity contribution in [2.45, 2.75) is 120 Å². The van der Waals surface area contributed by atoms with Crippen molar-refractivity contribution < 1.29 is 14.4 Å². The summed E-state index contributed by atoms with van der Waals surface area (Å²) in [6.45, 7) is 22.6. The SMILES string of the molecule is CC.CCC.CCCNCC(=O)NCC(=O)NC(CN=C(C)NCCC)C(=O)NCCCc1ccccc1CCC.Cc1cccc(C)c1. The van der Waals surface area contributed by atoms with Gasteiger partial charge < -0.3 is 26.6 Å². The third-order valence-electron chi connectivity index (χ3n) is 6.69. The van der Waals surface area contributed by atoms with Crippen LogP contribution in [0, 0.1) is 13.8 Å². The first-order valence-electron chi connectivity index (χ1n) is 18.5. The maximum Gasteiger partial charge on any atom is 0.244 e. The molecular weight excluding hydrogens is 612 g/mol. The second-order valence-electron chi connectivity index (χ2n) is 11.7. The molecule has 0 aliphatic heterocycles. The van der Waals surface area contributed by atoms with Crippen LogP contribution >= 0.6 is 0 Å². The van der Waals surface area contributed by atoms with E-state index in [1.54, 1.807) is 0 Å². The Labute approximate surface area is 299 Å². The lowest BCUT2D eigenvalue weighted by Crippen LogP contribution is -2.51. The number of nitrogens with zero attached hydrogens (tertiary/aromatic N) is 1. The van der Waals surface area contributed by atoms with Gasteiger partial charge in [-0.3, -0.25) is 19.4 Å². The van der Waals surface area contributed by atoms with Crippen LogP contribution in [0.2, 0.25) is 0 Å². The van der Waals surface area contributed by atoms with E-state index in [1.807, 2.05) is 33.8 Å². The second-order valence-corrected chi connectivity index (χ2v) is 11.7. The molecule has 0 saturated carbocycles. The summed E-state index contributed by atoms with van der Waals surface area (Å²) < 4.78 is 0. The van der Waals surface area contributed by atoms with E-state index in [-0.39, 0.29) is 31.4 Å². The van der Waals surface area contributed by atoms with Crippen molar-refractivity contribution >= 4 is 23.6 Å². The normalized spacial score (nSPS) is 10.9. The molecule has 5 N–H and O–H groups in total. The first-order valence-corrected chi connectivity index (χ1v) is 18.5. The van der Waals surface area contributed by atoms with Crippen LogP contribution in [-0.2, 0) is 27.2 Å². The van der Waals surface area contributed by atoms with Gasteiger partial charge in [0.15, 0.2) is 0 Å². The Bertz CT molecular complexity index is 1150. The second kappa shape index (κ2) is 32.8. The van der Waals surface area contributed by atoms with Gasteiger partial charge in [0.2, 0.25) is 17.7 Å². The van der Waals surface area contributed by atoms with Crippen molar-refractivity contribution in [1.29, 1.82) is 0 Å². The van der Waals surface area contributed by atoms with Gasteiger partial charge in [0.05, 0.1) is 25.5 Å². The van der Waals surface area contributed by atoms with E-state index in [4.69, 9.17) is 0 Å². The average molecular weight is 683 g/mol. The zero-order valence-electron chi connectivity index (χ0n) is 32.6. The predicted molar refractivity (Wildman–Crippen MR) is 209 cm³/mol. The van der Waals surface area contributed by atoms with E-state index in [0.29, 0.717) is 12.4 Å². The number of carbonyl (C=O) groups is 3. The summed E-state index contributed by atoms with van der Waals surface area (Å²) >= 11 is 0. The Balaban J connectivity index is 0. The van der Waals surface area contributed by atoms with Crippen LogP contribution in [0.4, 0.5) is 0 Å². The number of hydrogen-bond acceptors (Lipinski definition) is 5. The van der Waals surface area contributed by atoms with E-state index in [0.717, 1.165) is 51.6 Å². The summed E-state index contributed by atoms with van der Waals surface area (Å²) in [5.74, 6) is -0.262.